The predicted octanol–water partition coefficient (Wildman–Crippen LogP) is 2.95. The van der Waals surface area contributed by atoms with Crippen LogP contribution >= 0.6 is 0 Å². The first-order chi connectivity index (χ1) is 8.36. The van der Waals surface area contributed by atoms with Crippen molar-refractivity contribution >= 4 is 5.52 Å². The van der Waals surface area contributed by atoms with Gasteiger partial charge in [0.05, 0.1) is 11.7 Å². The van der Waals surface area contributed by atoms with Crippen LogP contribution in [0.1, 0.15) is 31.4 Å². The Balaban J connectivity index is 2.30. The topological polar surface area (TPSA) is 29.3 Å². The van der Waals surface area contributed by atoms with E-state index >= 15 is 0 Å². The van der Waals surface area contributed by atoms with Crippen molar-refractivity contribution in [2.45, 2.75) is 25.8 Å². The van der Waals surface area contributed by atoms with Gasteiger partial charge in [0.1, 0.15) is 0 Å². The molecule has 0 spiro atoms. The van der Waals surface area contributed by atoms with Gasteiger partial charge >= 0.3 is 0 Å². The van der Waals surface area contributed by atoms with E-state index in [1.807, 2.05) is 29.1 Å². The highest BCUT2D eigenvalue weighted by atomic mass is 15.2. The number of hydrogen-bond acceptors (Lipinski definition) is 2. The summed E-state index contributed by atoms with van der Waals surface area (Å²) in [5.41, 5.74) is 2.46. The van der Waals surface area contributed by atoms with Crippen LogP contribution in [-0.4, -0.2) is 16.2 Å². The molecule has 3 heteroatoms. The van der Waals surface area contributed by atoms with Crippen LogP contribution in [0.5, 0.6) is 0 Å². The van der Waals surface area contributed by atoms with Crippen LogP contribution < -0.4 is 5.32 Å². The van der Waals surface area contributed by atoms with Gasteiger partial charge in [-0.2, -0.15) is 5.10 Å². The normalized spacial score (nSPS) is 12.8. The Morgan fingerprint density at radius 2 is 2.41 bits per heavy atom. The molecular weight excluding hydrogens is 210 g/mol. The molecule has 1 unspecified atom stereocenters. The van der Waals surface area contributed by atoms with Crippen molar-refractivity contribution in [3.63, 3.8) is 0 Å². The smallest absolute Gasteiger partial charge is 0.0709 e. The average molecular weight is 229 g/mol. The molecule has 2 heterocycles. The van der Waals surface area contributed by atoms with E-state index in [2.05, 4.69) is 36.1 Å². The molecule has 1 N–H and O–H groups in total. The maximum atomic E-state index is 4.38. The molecule has 0 aliphatic carbocycles. The molecule has 90 valence electrons. The summed E-state index contributed by atoms with van der Waals surface area (Å²) in [6.45, 7) is 6.88. The van der Waals surface area contributed by atoms with E-state index < -0.39 is 0 Å². The van der Waals surface area contributed by atoms with E-state index in [1.165, 1.54) is 11.1 Å². The molecule has 0 saturated carbocycles. The van der Waals surface area contributed by atoms with E-state index in [4.69, 9.17) is 0 Å². The van der Waals surface area contributed by atoms with Crippen molar-refractivity contribution in [3.8, 4) is 0 Å². The first-order valence-corrected chi connectivity index (χ1v) is 6.13. The lowest BCUT2D eigenvalue weighted by Gasteiger charge is -2.16. The highest BCUT2D eigenvalue weighted by Gasteiger charge is 2.14. The van der Waals surface area contributed by atoms with Gasteiger partial charge < -0.3 is 5.32 Å². The highest BCUT2D eigenvalue weighted by molar-refractivity contribution is 5.54. The monoisotopic (exact) mass is 229 g/mol. The average Bonchev–Trinajstić information content (AvgIpc) is 2.78. The maximum Gasteiger partial charge on any atom is 0.0709 e. The number of allylic oxidation sites excluding steroid dienone is 1. The van der Waals surface area contributed by atoms with Crippen LogP contribution in [0.3, 0.4) is 0 Å². The number of nitrogens with one attached hydrogen (secondary N) is 1. The van der Waals surface area contributed by atoms with Crippen LogP contribution in [0.4, 0.5) is 0 Å². The zero-order valence-corrected chi connectivity index (χ0v) is 10.3. The van der Waals surface area contributed by atoms with Crippen molar-refractivity contribution < 1.29 is 0 Å². The molecule has 2 aromatic rings. The summed E-state index contributed by atoms with van der Waals surface area (Å²) in [5.74, 6) is 0. The molecule has 0 radical (unpaired) electrons. The molecule has 0 bridgehead atoms. The van der Waals surface area contributed by atoms with E-state index in [-0.39, 0.29) is 0 Å². The Labute approximate surface area is 102 Å². The van der Waals surface area contributed by atoms with Crippen LogP contribution in [0, 0.1) is 0 Å². The van der Waals surface area contributed by atoms with Gasteiger partial charge in [-0.05, 0) is 31.5 Å². The number of hydrogen-bond donors (Lipinski definition) is 1. The second kappa shape index (κ2) is 5.64. The van der Waals surface area contributed by atoms with E-state index in [1.54, 1.807) is 0 Å². The predicted molar refractivity (Wildman–Crippen MR) is 71.0 cm³/mol. The van der Waals surface area contributed by atoms with Gasteiger partial charge in [0.2, 0.25) is 0 Å². The number of pyridine rings is 1. The lowest BCUT2D eigenvalue weighted by atomic mass is 10.0. The largest absolute Gasteiger partial charge is 0.310 e. The lowest BCUT2D eigenvalue weighted by molar-refractivity contribution is 0.523. The number of nitrogens with zero attached hydrogens (tertiary/aromatic N) is 2. The quantitative estimate of drug-likeness (QED) is 0.772. The van der Waals surface area contributed by atoms with E-state index in [0.29, 0.717) is 6.04 Å². The zero-order chi connectivity index (χ0) is 12.1. The van der Waals surface area contributed by atoms with Gasteiger partial charge in [0, 0.05) is 17.8 Å². The Bertz CT molecular complexity index is 487. The summed E-state index contributed by atoms with van der Waals surface area (Å²) in [4.78, 5) is 0. The van der Waals surface area contributed by atoms with Crippen molar-refractivity contribution in [2.24, 2.45) is 0 Å². The molecule has 0 saturated heterocycles. The van der Waals surface area contributed by atoms with E-state index in [0.717, 1.165) is 19.4 Å². The first-order valence-electron chi connectivity index (χ1n) is 6.13. The Morgan fingerprint density at radius 1 is 1.53 bits per heavy atom. The molecular formula is C14H19N3. The van der Waals surface area contributed by atoms with Crippen molar-refractivity contribution in [2.75, 3.05) is 6.54 Å². The molecule has 17 heavy (non-hydrogen) atoms. The minimum absolute atomic E-state index is 0.359. The SMILES string of the molecule is C=CCCC(NCC)c1cnn2ccccc12. The van der Waals surface area contributed by atoms with Gasteiger partial charge in [-0.15, -0.1) is 6.58 Å². The summed E-state index contributed by atoms with van der Waals surface area (Å²) in [7, 11) is 0. The molecule has 0 amide bonds. The molecule has 1 atom stereocenters. The molecule has 0 aliphatic rings. The fraction of sp³-hybridized carbons (Fsp3) is 0.357. The Kier molecular flexibility index (Phi) is 3.94. The molecule has 3 nitrogen and oxygen atoms in total. The van der Waals surface area contributed by atoms with Gasteiger partial charge in [-0.25, -0.2) is 4.52 Å². The summed E-state index contributed by atoms with van der Waals surface area (Å²) < 4.78 is 1.92. The zero-order valence-electron chi connectivity index (χ0n) is 10.3. The Morgan fingerprint density at radius 3 is 3.18 bits per heavy atom. The molecule has 2 aromatic heterocycles. The summed E-state index contributed by atoms with van der Waals surface area (Å²) >= 11 is 0. The van der Waals surface area contributed by atoms with Gasteiger partial charge in [-0.3, -0.25) is 0 Å². The summed E-state index contributed by atoms with van der Waals surface area (Å²) in [6.07, 6.45) is 7.99. The minimum atomic E-state index is 0.359. The third-order valence-electron chi connectivity index (χ3n) is 2.94. The molecule has 0 aromatic carbocycles. The maximum absolute atomic E-state index is 4.38. The van der Waals surface area contributed by atoms with Gasteiger partial charge in [0.15, 0.2) is 0 Å². The fourth-order valence-corrected chi connectivity index (χ4v) is 2.12. The van der Waals surface area contributed by atoms with Gasteiger partial charge in [-0.1, -0.05) is 19.1 Å². The third-order valence-corrected chi connectivity index (χ3v) is 2.94. The fourth-order valence-electron chi connectivity index (χ4n) is 2.12. The van der Waals surface area contributed by atoms with Crippen LogP contribution in [0.25, 0.3) is 5.52 Å². The van der Waals surface area contributed by atoms with E-state index in [9.17, 15) is 0 Å². The van der Waals surface area contributed by atoms with Crippen LogP contribution in [0.15, 0.2) is 43.2 Å². The van der Waals surface area contributed by atoms with Crippen molar-refractivity contribution in [1.29, 1.82) is 0 Å². The molecule has 0 aliphatic heterocycles. The third kappa shape index (κ3) is 2.56. The standard InChI is InChI=1S/C14H19N3/c1-3-5-8-13(15-4-2)12-11-16-17-10-7-6-9-14(12)17/h3,6-7,9-11,13,15H,1,4-5,8H2,2H3. The Hall–Kier alpha value is -1.61. The lowest BCUT2D eigenvalue weighted by Crippen LogP contribution is -2.20. The first kappa shape index (κ1) is 11.9. The van der Waals surface area contributed by atoms with Crippen LogP contribution in [0.2, 0.25) is 0 Å². The summed E-state index contributed by atoms with van der Waals surface area (Å²) in [5, 5.41) is 7.89. The molecule has 0 fully saturated rings. The summed E-state index contributed by atoms with van der Waals surface area (Å²) in [6, 6.07) is 6.52. The highest BCUT2D eigenvalue weighted by Crippen LogP contribution is 2.23. The molecule has 2 rings (SSSR count). The van der Waals surface area contributed by atoms with Crippen molar-refractivity contribution in [1.82, 2.24) is 14.9 Å². The second-order valence-corrected chi connectivity index (χ2v) is 4.11. The number of aromatic nitrogens is 2. The van der Waals surface area contributed by atoms with Crippen LogP contribution in [-0.2, 0) is 0 Å². The number of fused-ring (bicyclic) bond motifs is 1. The van der Waals surface area contributed by atoms with Crippen molar-refractivity contribution in [3.05, 3.63) is 48.8 Å². The minimum Gasteiger partial charge on any atom is -0.310 e. The van der Waals surface area contributed by atoms with Gasteiger partial charge in [0.25, 0.3) is 0 Å². The number of rotatable bonds is 6. The second-order valence-electron chi connectivity index (χ2n) is 4.11.